The number of nitrogens with zero attached hydrogens (tertiary/aromatic N) is 4. The largest absolute Gasteiger partial charge is 0.359 e. The van der Waals surface area contributed by atoms with Gasteiger partial charge in [-0.2, -0.15) is 0 Å². The van der Waals surface area contributed by atoms with Crippen molar-refractivity contribution in [1.29, 1.82) is 0 Å². The third-order valence-corrected chi connectivity index (χ3v) is 5.25. The van der Waals surface area contributed by atoms with Crippen LogP contribution in [-0.2, 0) is 4.79 Å². The Hall–Kier alpha value is -2.73. The van der Waals surface area contributed by atoms with Gasteiger partial charge in [-0.1, -0.05) is 11.6 Å². The van der Waals surface area contributed by atoms with Crippen molar-refractivity contribution in [2.45, 2.75) is 12.8 Å². The van der Waals surface area contributed by atoms with Crippen molar-refractivity contribution in [3.8, 4) is 11.3 Å². The number of hydrogen-bond donors (Lipinski definition) is 1. The second kappa shape index (κ2) is 7.48. The van der Waals surface area contributed by atoms with Crippen molar-refractivity contribution >= 4 is 34.1 Å². The maximum atomic E-state index is 11.9. The molecule has 0 bridgehead atoms. The number of halogens is 1. The molecule has 0 unspecified atom stereocenters. The highest BCUT2D eigenvalue weighted by Crippen LogP contribution is 2.32. The number of anilines is 1. The van der Waals surface area contributed by atoms with Crippen LogP contribution in [0, 0.1) is 5.92 Å². The average molecular weight is 382 g/mol. The van der Waals surface area contributed by atoms with Crippen molar-refractivity contribution in [2.24, 2.45) is 5.92 Å². The van der Waals surface area contributed by atoms with E-state index in [4.69, 9.17) is 16.6 Å². The van der Waals surface area contributed by atoms with Crippen molar-refractivity contribution in [2.75, 3.05) is 25.0 Å². The zero-order chi connectivity index (χ0) is 18.8. The quantitative estimate of drug-likeness (QED) is 0.705. The number of rotatable bonds is 3. The van der Waals surface area contributed by atoms with Gasteiger partial charge in [-0.05, 0) is 37.1 Å². The van der Waals surface area contributed by atoms with Gasteiger partial charge in [0.25, 0.3) is 0 Å². The molecule has 0 atom stereocenters. The summed E-state index contributed by atoms with van der Waals surface area (Å²) in [6, 6.07) is 7.73. The molecule has 1 aliphatic heterocycles. The predicted molar refractivity (Wildman–Crippen MR) is 107 cm³/mol. The fourth-order valence-corrected chi connectivity index (χ4v) is 3.76. The van der Waals surface area contributed by atoms with Gasteiger partial charge in [0.15, 0.2) is 0 Å². The van der Waals surface area contributed by atoms with Crippen molar-refractivity contribution in [3.05, 3.63) is 48.0 Å². The highest BCUT2D eigenvalue weighted by atomic mass is 35.5. The van der Waals surface area contributed by atoms with Crippen LogP contribution in [0.25, 0.3) is 22.0 Å². The number of aromatic nitrogens is 3. The summed E-state index contributed by atoms with van der Waals surface area (Å²) in [5, 5.41) is 5.28. The van der Waals surface area contributed by atoms with Crippen molar-refractivity contribution in [3.63, 3.8) is 0 Å². The molecular formula is C20H20ClN5O. The number of amides is 1. The molecule has 0 aliphatic carbocycles. The van der Waals surface area contributed by atoms with Crippen LogP contribution in [-0.4, -0.2) is 41.0 Å². The third-order valence-electron chi connectivity index (χ3n) is 5.05. The van der Waals surface area contributed by atoms with Crippen LogP contribution in [0.4, 0.5) is 5.82 Å². The molecule has 7 heteroatoms. The summed E-state index contributed by atoms with van der Waals surface area (Å²) in [6.07, 6.45) is 6.96. The fraction of sp³-hybridized carbons (Fsp3) is 0.300. The number of carbonyl (C=O) groups is 1. The van der Waals surface area contributed by atoms with E-state index < -0.39 is 0 Å². The minimum absolute atomic E-state index is 0.0707. The van der Waals surface area contributed by atoms with Crippen LogP contribution in [0.3, 0.4) is 0 Å². The lowest BCUT2D eigenvalue weighted by molar-refractivity contribution is -0.125. The number of piperidine rings is 1. The monoisotopic (exact) mass is 381 g/mol. The topological polar surface area (TPSA) is 71.0 Å². The van der Waals surface area contributed by atoms with Gasteiger partial charge in [0.1, 0.15) is 11.0 Å². The average Bonchev–Trinajstić information content (AvgIpc) is 2.72. The summed E-state index contributed by atoms with van der Waals surface area (Å²) in [5.74, 6) is 1.12. The van der Waals surface area contributed by atoms with Gasteiger partial charge in [-0.15, -0.1) is 0 Å². The van der Waals surface area contributed by atoms with E-state index in [1.165, 1.54) is 0 Å². The van der Waals surface area contributed by atoms with Crippen LogP contribution in [0.1, 0.15) is 12.8 Å². The number of hydrogen-bond acceptors (Lipinski definition) is 5. The molecule has 27 heavy (non-hydrogen) atoms. The summed E-state index contributed by atoms with van der Waals surface area (Å²) in [4.78, 5) is 27.4. The number of pyridine rings is 3. The van der Waals surface area contributed by atoms with Gasteiger partial charge in [0.2, 0.25) is 5.91 Å². The lowest BCUT2D eigenvalue weighted by Crippen LogP contribution is -2.40. The minimum atomic E-state index is 0.0707. The molecule has 1 N–H and O–H groups in total. The maximum Gasteiger partial charge on any atom is 0.222 e. The highest BCUT2D eigenvalue weighted by Gasteiger charge is 2.26. The van der Waals surface area contributed by atoms with E-state index in [0.29, 0.717) is 5.15 Å². The molecule has 0 saturated carbocycles. The standard InChI is InChI=1S/C20H20ClN5O/c1-22-20(27)13-4-8-26(9-5-13)19-16-3-6-23-12-15(16)10-17(25-19)14-2-7-24-18(21)11-14/h2-3,6-7,10-13H,4-5,8-9H2,1H3,(H,22,27). The summed E-state index contributed by atoms with van der Waals surface area (Å²) in [6.45, 7) is 1.59. The Morgan fingerprint density at radius 2 is 2.04 bits per heavy atom. The summed E-state index contributed by atoms with van der Waals surface area (Å²) in [7, 11) is 1.69. The Kier molecular flexibility index (Phi) is 4.90. The number of fused-ring (bicyclic) bond motifs is 1. The summed E-state index contributed by atoms with van der Waals surface area (Å²) >= 11 is 6.06. The first-order chi connectivity index (χ1) is 13.2. The van der Waals surface area contributed by atoms with E-state index in [0.717, 1.165) is 53.8 Å². The zero-order valence-electron chi connectivity index (χ0n) is 15.0. The first kappa shape index (κ1) is 17.7. The number of nitrogens with one attached hydrogen (secondary N) is 1. The van der Waals surface area contributed by atoms with Crippen LogP contribution < -0.4 is 10.2 Å². The molecule has 1 saturated heterocycles. The molecule has 1 fully saturated rings. The molecule has 0 spiro atoms. The van der Waals surface area contributed by atoms with Gasteiger partial charge in [0.05, 0.1) is 5.69 Å². The zero-order valence-corrected chi connectivity index (χ0v) is 15.8. The second-order valence-electron chi connectivity index (χ2n) is 6.67. The molecule has 138 valence electrons. The first-order valence-electron chi connectivity index (χ1n) is 8.99. The molecule has 3 aromatic rings. The molecule has 6 nitrogen and oxygen atoms in total. The second-order valence-corrected chi connectivity index (χ2v) is 7.06. The van der Waals surface area contributed by atoms with Crippen molar-refractivity contribution in [1.82, 2.24) is 20.3 Å². The first-order valence-corrected chi connectivity index (χ1v) is 9.37. The van der Waals surface area contributed by atoms with Crippen LogP contribution in [0.5, 0.6) is 0 Å². The van der Waals surface area contributed by atoms with E-state index in [9.17, 15) is 4.79 Å². The molecule has 4 rings (SSSR count). The van der Waals surface area contributed by atoms with Gasteiger partial charge in [-0.25, -0.2) is 9.97 Å². The van der Waals surface area contributed by atoms with Crippen LogP contribution in [0.15, 0.2) is 42.9 Å². The Balaban J connectivity index is 1.73. The Labute approximate surface area is 162 Å². The number of carbonyl (C=O) groups excluding carboxylic acids is 1. The molecule has 4 heterocycles. The van der Waals surface area contributed by atoms with E-state index in [2.05, 4.69) is 20.2 Å². The van der Waals surface area contributed by atoms with E-state index >= 15 is 0 Å². The SMILES string of the molecule is CNC(=O)C1CCN(c2nc(-c3ccnc(Cl)c3)cc3cnccc23)CC1. The third kappa shape index (κ3) is 3.57. The van der Waals surface area contributed by atoms with E-state index in [1.807, 2.05) is 30.5 Å². The minimum Gasteiger partial charge on any atom is -0.359 e. The van der Waals surface area contributed by atoms with Gasteiger partial charge >= 0.3 is 0 Å². The van der Waals surface area contributed by atoms with Gasteiger partial charge in [0, 0.05) is 61.0 Å². The molecule has 1 aliphatic rings. The molecule has 1 amide bonds. The van der Waals surface area contributed by atoms with Crippen LogP contribution >= 0.6 is 11.6 Å². The normalized spacial score (nSPS) is 15.1. The lowest BCUT2D eigenvalue weighted by Gasteiger charge is -2.33. The maximum absolute atomic E-state index is 11.9. The lowest BCUT2D eigenvalue weighted by atomic mass is 9.95. The highest BCUT2D eigenvalue weighted by molar-refractivity contribution is 6.29. The van der Waals surface area contributed by atoms with E-state index in [1.54, 1.807) is 19.4 Å². The fourth-order valence-electron chi connectivity index (χ4n) is 3.59. The smallest absolute Gasteiger partial charge is 0.222 e. The Morgan fingerprint density at radius 3 is 2.78 bits per heavy atom. The van der Waals surface area contributed by atoms with E-state index in [-0.39, 0.29) is 11.8 Å². The predicted octanol–water partition coefficient (Wildman–Crippen LogP) is 3.31. The molecule has 3 aromatic heterocycles. The van der Waals surface area contributed by atoms with Crippen molar-refractivity contribution < 1.29 is 4.79 Å². The summed E-state index contributed by atoms with van der Waals surface area (Å²) in [5.41, 5.74) is 1.76. The van der Waals surface area contributed by atoms with Gasteiger partial charge in [-0.3, -0.25) is 9.78 Å². The molecule has 0 radical (unpaired) electrons. The van der Waals surface area contributed by atoms with Crippen LogP contribution in [0.2, 0.25) is 5.15 Å². The molecular weight excluding hydrogens is 362 g/mol. The Morgan fingerprint density at radius 1 is 1.22 bits per heavy atom. The summed E-state index contributed by atoms with van der Waals surface area (Å²) < 4.78 is 0. The van der Waals surface area contributed by atoms with Gasteiger partial charge < -0.3 is 10.2 Å². The Bertz CT molecular complexity index is 985. The molecule has 0 aromatic carbocycles.